The van der Waals surface area contributed by atoms with Gasteiger partial charge in [-0.15, -0.1) is 0 Å². The van der Waals surface area contributed by atoms with Crippen LogP contribution in [-0.2, 0) is 6.54 Å². The zero-order valence-corrected chi connectivity index (χ0v) is 10.9. The largest absolute Gasteiger partial charge is 0.504 e. The first-order valence-corrected chi connectivity index (χ1v) is 6.56. The van der Waals surface area contributed by atoms with Crippen LogP contribution in [0.5, 0.6) is 11.5 Å². The van der Waals surface area contributed by atoms with Crippen molar-refractivity contribution < 1.29 is 10.2 Å². The normalized spacial score (nSPS) is 21.1. The first-order chi connectivity index (χ1) is 8.66. The summed E-state index contributed by atoms with van der Waals surface area (Å²) in [6, 6.07) is 5.07. The second kappa shape index (κ2) is 6.07. The van der Waals surface area contributed by atoms with Crippen molar-refractivity contribution in [3.8, 4) is 11.5 Å². The molecule has 0 bridgehead atoms. The second-order valence-corrected chi connectivity index (χ2v) is 5.19. The summed E-state index contributed by atoms with van der Waals surface area (Å²) in [6.45, 7) is 3.89. The third kappa shape index (κ3) is 3.37. The molecule has 18 heavy (non-hydrogen) atoms. The molecule has 1 aliphatic rings. The van der Waals surface area contributed by atoms with Gasteiger partial charge in [-0.1, -0.05) is 12.1 Å². The lowest BCUT2D eigenvalue weighted by Gasteiger charge is -2.29. The van der Waals surface area contributed by atoms with Gasteiger partial charge in [-0.2, -0.15) is 0 Å². The van der Waals surface area contributed by atoms with E-state index < -0.39 is 0 Å². The van der Waals surface area contributed by atoms with E-state index in [4.69, 9.17) is 0 Å². The number of phenolic OH excluding ortho intramolecular Hbond substituents is 2. The van der Waals surface area contributed by atoms with E-state index in [2.05, 4.69) is 17.3 Å². The van der Waals surface area contributed by atoms with Crippen molar-refractivity contribution in [2.45, 2.75) is 19.4 Å². The fourth-order valence-electron chi connectivity index (χ4n) is 2.57. The van der Waals surface area contributed by atoms with E-state index >= 15 is 0 Å². The lowest BCUT2D eigenvalue weighted by molar-refractivity contribution is 0.206. The summed E-state index contributed by atoms with van der Waals surface area (Å²) in [5, 5.41) is 22.4. The van der Waals surface area contributed by atoms with Crippen LogP contribution in [0, 0.1) is 5.92 Å². The number of hydrogen-bond donors (Lipinski definition) is 3. The molecule has 1 saturated heterocycles. The van der Waals surface area contributed by atoms with Crippen LogP contribution in [-0.4, -0.2) is 41.8 Å². The van der Waals surface area contributed by atoms with Gasteiger partial charge in [-0.3, -0.25) is 0 Å². The predicted octanol–water partition coefficient (Wildman–Crippen LogP) is 1.53. The minimum atomic E-state index is -0.0494. The molecule has 1 atom stereocenters. The van der Waals surface area contributed by atoms with Gasteiger partial charge in [0.15, 0.2) is 11.5 Å². The summed E-state index contributed by atoms with van der Waals surface area (Å²) in [5.41, 5.74) is 0.749. The van der Waals surface area contributed by atoms with Gasteiger partial charge in [0.1, 0.15) is 0 Å². The first-order valence-electron chi connectivity index (χ1n) is 6.56. The molecule has 1 aromatic rings. The van der Waals surface area contributed by atoms with Gasteiger partial charge in [-0.25, -0.2) is 0 Å². The minimum Gasteiger partial charge on any atom is -0.504 e. The number of likely N-dealkylation sites (tertiary alicyclic amines) is 1. The zero-order chi connectivity index (χ0) is 13.0. The van der Waals surface area contributed by atoms with E-state index in [1.165, 1.54) is 25.5 Å². The first kappa shape index (κ1) is 13.2. The van der Waals surface area contributed by atoms with Crippen LogP contribution < -0.4 is 5.32 Å². The molecule has 0 spiro atoms. The van der Waals surface area contributed by atoms with E-state index in [-0.39, 0.29) is 11.5 Å². The third-order valence-corrected chi connectivity index (χ3v) is 3.57. The van der Waals surface area contributed by atoms with Crippen LogP contribution in [0.2, 0.25) is 0 Å². The zero-order valence-electron chi connectivity index (χ0n) is 10.9. The van der Waals surface area contributed by atoms with Crippen molar-refractivity contribution >= 4 is 0 Å². The summed E-state index contributed by atoms with van der Waals surface area (Å²) in [7, 11) is 2.16. The SMILES string of the molecule is CN1CCCC(CNCc2cccc(O)c2O)C1. The topological polar surface area (TPSA) is 55.7 Å². The summed E-state index contributed by atoms with van der Waals surface area (Å²) in [4.78, 5) is 2.36. The molecule has 2 rings (SSSR count). The maximum absolute atomic E-state index is 9.68. The number of nitrogens with one attached hydrogen (secondary N) is 1. The lowest BCUT2D eigenvalue weighted by Crippen LogP contribution is -2.37. The average Bonchev–Trinajstić information content (AvgIpc) is 2.35. The van der Waals surface area contributed by atoms with Gasteiger partial charge in [0.25, 0.3) is 0 Å². The van der Waals surface area contributed by atoms with Crippen molar-refractivity contribution in [1.82, 2.24) is 10.2 Å². The van der Waals surface area contributed by atoms with Crippen molar-refractivity contribution in [1.29, 1.82) is 0 Å². The molecule has 4 heteroatoms. The number of benzene rings is 1. The number of rotatable bonds is 4. The van der Waals surface area contributed by atoms with Crippen molar-refractivity contribution in [3.05, 3.63) is 23.8 Å². The molecule has 1 unspecified atom stereocenters. The van der Waals surface area contributed by atoms with Crippen LogP contribution in [0.1, 0.15) is 18.4 Å². The monoisotopic (exact) mass is 250 g/mol. The molecule has 100 valence electrons. The Morgan fingerprint density at radius 1 is 1.39 bits per heavy atom. The van der Waals surface area contributed by atoms with E-state index in [1.807, 2.05) is 6.07 Å². The van der Waals surface area contributed by atoms with Crippen molar-refractivity contribution in [3.63, 3.8) is 0 Å². The fraction of sp³-hybridized carbons (Fsp3) is 0.571. The van der Waals surface area contributed by atoms with Gasteiger partial charge in [-0.05, 0) is 45.0 Å². The number of para-hydroxylation sites is 1. The molecule has 4 nitrogen and oxygen atoms in total. The molecule has 0 aromatic heterocycles. The van der Waals surface area contributed by atoms with Gasteiger partial charge in [0.05, 0.1) is 0 Å². The smallest absolute Gasteiger partial charge is 0.161 e. The maximum atomic E-state index is 9.68. The number of aromatic hydroxyl groups is 2. The molecule has 3 N–H and O–H groups in total. The van der Waals surface area contributed by atoms with Crippen LogP contribution in [0.3, 0.4) is 0 Å². The Morgan fingerprint density at radius 2 is 2.22 bits per heavy atom. The predicted molar refractivity (Wildman–Crippen MR) is 71.7 cm³/mol. The standard InChI is InChI=1S/C14H22N2O2/c1-16-7-3-4-11(10-16)8-15-9-12-5-2-6-13(17)14(12)18/h2,5-6,11,15,17-18H,3-4,7-10H2,1H3. The highest BCUT2D eigenvalue weighted by molar-refractivity contribution is 5.44. The molecular formula is C14H22N2O2. The summed E-state index contributed by atoms with van der Waals surface area (Å²) < 4.78 is 0. The Labute approximate surface area is 108 Å². The Balaban J connectivity index is 1.79. The van der Waals surface area contributed by atoms with Crippen LogP contribution in [0.15, 0.2) is 18.2 Å². The molecular weight excluding hydrogens is 228 g/mol. The molecule has 1 fully saturated rings. The van der Waals surface area contributed by atoms with Crippen LogP contribution in [0.25, 0.3) is 0 Å². The van der Waals surface area contributed by atoms with Gasteiger partial charge in [0, 0.05) is 18.7 Å². The number of piperidine rings is 1. The van der Waals surface area contributed by atoms with E-state index in [1.54, 1.807) is 6.07 Å². The Kier molecular flexibility index (Phi) is 4.44. The number of phenols is 2. The van der Waals surface area contributed by atoms with Crippen LogP contribution in [0.4, 0.5) is 0 Å². The van der Waals surface area contributed by atoms with Gasteiger partial charge in [0.2, 0.25) is 0 Å². The lowest BCUT2D eigenvalue weighted by atomic mass is 9.98. The Hall–Kier alpha value is -1.26. The fourth-order valence-corrected chi connectivity index (χ4v) is 2.57. The van der Waals surface area contributed by atoms with Crippen LogP contribution >= 0.6 is 0 Å². The van der Waals surface area contributed by atoms with Gasteiger partial charge >= 0.3 is 0 Å². The molecule has 0 aliphatic carbocycles. The summed E-state index contributed by atoms with van der Waals surface area (Å²) in [6.07, 6.45) is 2.53. The highest BCUT2D eigenvalue weighted by Crippen LogP contribution is 2.27. The molecule has 1 heterocycles. The number of hydrogen-bond acceptors (Lipinski definition) is 4. The maximum Gasteiger partial charge on any atom is 0.161 e. The molecule has 0 amide bonds. The van der Waals surface area contributed by atoms with Crippen molar-refractivity contribution in [2.24, 2.45) is 5.92 Å². The minimum absolute atomic E-state index is 0.00855. The molecule has 0 saturated carbocycles. The van der Waals surface area contributed by atoms with Crippen molar-refractivity contribution in [2.75, 3.05) is 26.7 Å². The quantitative estimate of drug-likeness (QED) is 0.709. The van der Waals surface area contributed by atoms with E-state index in [0.29, 0.717) is 12.5 Å². The Morgan fingerprint density at radius 3 is 3.00 bits per heavy atom. The molecule has 1 aliphatic heterocycles. The summed E-state index contributed by atoms with van der Waals surface area (Å²) >= 11 is 0. The third-order valence-electron chi connectivity index (χ3n) is 3.57. The number of nitrogens with zero attached hydrogens (tertiary/aromatic N) is 1. The van der Waals surface area contributed by atoms with E-state index in [0.717, 1.165) is 18.7 Å². The van der Waals surface area contributed by atoms with Gasteiger partial charge < -0.3 is 20.4 Å². The average molecular weight is 250 g/mol. The Bertz CT molecular complexity index is 395. The molecule has 1 aromatic carbocycles. The molecule has 0 radical (unpaired) electrons. The van der Waals surface area contributed by atoms with E-state index in [9.17, 15) is 10.2 Å². The highest BCUT2D eigenvalue weighted by atomic mass is 16.3. The highest BCUT2D eigenvalue weighted by Gasteiger charge is 2.16. The summed E-state index contributed by atoms with van der Waals surface area (Å²) in [5.74, 6) is 0.626. The second-order valence-electron chi connectivity index (χ2n) is 5.19.